The predicted molar refractivity (Wildman–Crippen MR) is 61.3 cm³/mol. The molecule has 1 saturated heterocycles. The molecule has 5 heteroatoms. The maximum Gasteiger partial charge on any atom is 0.234 e. The van der Waals surface area contributed by atoms with Gasteiger partial charge in [-0.05, 0) is 24.6 Å². The van der Waals surface area contributed by atoms with Gasteiger partial charge in [0.05, 0.1) is 12.2 Å². The number of fused-ring (bicyclic) bond motifs is 1. The number of rotatable bonds is 1. The summed E-state index contributed by atoms with van der Waals surface area (Å²) in [5, 5.41) is 2.82. The molecule has 1 aromatic heterocycles. The number of carbonyl (C=O) groups is 2. The van der Waals surface area contributed by atoms with E-state index in [0.717, 1.165) is 0 Å². The molecular formula is C13H10FNO3. The minimum atomic E-state index is -0.635. The molecule has 18 heavy (non-hydrogen) atoms. The van der Waals surface area contributed by atoms with Crippen LogP contribution in [0.5, 0.6) is 0 Å². The molecule has 92 valence electrons. The van der Waals surface area contributed by atoms with Crippen LogP contribution in [0, 0.1) is 5.82 Å². The number of hydrogen-bond donors (Lipinski definition) is 1. The molecule has 2 amide bonds. The first kappa shape index (κ1) is 11.0. The molecule has 0 saturated carbocycles. The van der Waals surface area contributed by atoms with Gasteiger partial charge in [-0.1, -0.05) is 0 Å². The first-order valence-electron chi connectivity index (χ1n) is 5.66. The maximum absolute atomic E-state index is 13.9. The molecular weight excluding hydrogens is 237 g/mol. The molecule has 2 aromatic rings. The summed E-state index contributed by atoms with van der Waals surface area (Å²) in [6, 6.07) is 4.45. The van der Waals surface area contributed by atoms with Crippen LogP contribution in [0.4, 0.5) is 4.39 Å². The van der Waals surface area contributed by atoms with Gasteiger partial charge in [-0.2, -0.15) is 0 Å². The fraction of sp³-hybridized carbons (Fsp3) is 0.231. The molecule has 0 radical (unpaired) electrons. The number of imide groups is 1. The van der Waals surface area contributed by atoms with Crippen molar-refractivity contribution in [3.8, 4) is 0 Å². The van der Waals surface area contributed by atoms with Gasteiger partial charge in [-0.25, -0.2) is 4.39 Å². The molecule has 1 aliphatic heterocycles. The number of amides is 2. The molecule has 0 bridgehead atoms. The number of nitrogens with one attached hydrogen (secondary N) is 1. The number of furan rings is 1. The van der Waals surface area contributed by atoms with Crippen LogP contribution < -0.4 is 5.32 Å². The first-order chi connectivity index (χ1) is 8.66. The maximum atomic E-state index is 13.9. The van der Waals surface area contributed by atoms with E-state index in [0.29, 0.717) is 23.0 Å². The van der Waals surface area contributed by atoms with Crippen molar-refractivity contribution in [3.63, 3.8) is 0 Å². The zero-order valence-corrected chi connectivity index (χ0v) is 9.40. The standard InChI is InChI=1S/C13H10FNO3/c14-9-2-3-10-7(5-6-18-10)12(9)8-1-4-11(16)15-13(8)17/h2-3,5-6,8H,1,4H2,(H,15,16,17). The average Bonchev–Trinajstić information content (AvgIpc) is 2.79. The lowest BCUT2D eigenvalue weighted by Crippen LogP contribution is -2.39. The Kier molecular flexibility index (Phi) is 2.40. The Morgan fingerprint density at radius 1 is 1.28 bits per heavy atom. The van der Waals surface area contributed by atoms with Gasteiger partial charge >= 0.3 is 0 Å². The lowest BCUT2D eigenvalue weighted by Gasteiger charge is -2.21. The Morgan fingerprint density at radius 3 is 2.89 bits per heavy atom. The van der Waals surface area contributed by atoms with Gasteiger partial charge in [0, 0.05) is 17.4 Å². The van der Waals surface area contributed by atoms with Crippen molar-refractivity contribution >= 4 is 22.8 Å². The molecule has 1 aromatic carbocycles. The third kappa shape index (κ3) is 1.59. The van der Waals surface area contributed by atoms with Crippen LogP contribution in [0.3, 0.4) is 0 Å². The molecule has 1 N–H and O–H groups in total. The molecule has 1 fully saturated rings. The summed E-state index contributed by atoms with van der Waals surface area (Å²) in [5.74, 6) is -1.84. The van der Waals surface area contributed by atoms with E-state index in [2.05, 4.69) is 5.32 Å². The van der Waals surface area contributed by atoms with Crippen LogP contribution >= 0.6 is 0 Å². The summed E-state index contributed by atoms with van der Waals surface area (Å²) in [5.41, 5.74) is 0.849. The topological polar surface area (TPSA) is 59.3 Å². The lowest BCUT2D eigenvalue weighted by molar-refractivity contribution is -0.134. The largest absolute Gasteiger partial charge is 0.464 e. The molecule has 0 spiro atoms. The third-order valence-corrected chi connectivity index (χ3v) is 3.21. The van der Waals surface area contributed by atoms with Gasteiger partial charge in [0.1, 0.15) is 11.4 Å². The minimum Gasteiger partial charge on any atom is -0.464 e. The summed E-state index contributed by atoms with van der Waals surface area (Å²) in [6.45, 7) is 0. The van der Waals surface area contributed by atoms with Crippen LogP contribution in [-0.4, -0.2) is 11.8 Å². The highest BCUT2D eigenvalue weighted by Gasteiger charge is 2.31. The molecule has 4 nitrogen and oxygen atoms in total. The Morgan fingerprint density at radius 2 is 2.11 bits per heavy atom. The van der Waals surface area contributed by atoms with Crippen molar-refractivity contribution in [1.82, 2.24) is 5.32 Å². The van der Waals surface area contributed by atoms with Crippen LogP contribution in [0.25, 0.3) is 11.0 Å². The molecule has 2 heterocycles. The van der Waals surface area contributed by atoms with Crippen molar-refractivity contribution < 1.29 is 18.4 Å². The Labute approximate surface area is 102 Å². The Bertz CT molecular complexity index is 647. The highest BCUT2D eigenvalue weighted by atomic mass is 19.1. The van der Waals surface area contributed by atoms with Crippen LogP contribution in [0.2, 0.25) is 0 Å². The fourth-order valence-electron chi connectivity index (χ4n) is 2.36. The van der Waals surface area contributed by atoms with Crippen molar-refractivity contribution in [1.29, 1.82) is 0 Å². The van der Waals surface area contributed by atoms with Crippen molar-refractivity contribution in [2.75, 3.05) is 0 Å². The quantitative estimate of drug-likeness (QED) is 0.785. The zero-order valence-electron chi connectivity index (χ0n) is 9.40. The monoisotopic (exact) mass is 247 g/mol. The first-order valence-corrected chi connectivity index (χ1v) is 5.66. The van der Waals surface area contributed by atoms with E-state index < -0.39 is 17.6 Å². The minimum absolute atomic E-state index is 0.226. The Hall–Kier alpha value is -2.17. The van der Waals surface area contributed by atoms with Crippen LogP contribution in [0.1, 0.15) is 24.3 Å². The SMILES string of the molecule is O=C1CCC(c2c(F)ccc3occc23)C(=O)N1. The molecule has 1 unspecified atom stereocenters. The summed E-state index contributed by atoms with van der Waals surface area (Å²) >= 11 is 0. The summed E-state index contributed by atoms with van der Waals surface area (Å²) < 4.78 is 19.1. The van der Waals surface area contributed by atoms with E-state index in [9.17, 15) is 14.0 Å². The normalized spacial score (nSPS) is 20.2. The van der Waals surface area contributed by atoms with Crippen LogP contribution in [0.15, 0.2) is 28.9 Å². The van der Waals surface area contributed by atoms with Crippen molar-refractivity contribution in [2.24, 2.45) is 0 Å². The van der Waals surface area contributed by atoms with Gasteiger partial charge in [0.25, 0.3) is 0 Å². The number of halogens is 1. The van der Waals surface area contributed by atoms with Gasteiger partial charge in [-0.15, -0.1) is 0 Å². The van der Waals surface area contributed by atoms with E-state index in [-0.39, 0.29) is 12.3 Å². The van der Waals surface area contributed by atoms with E-state index in [1.165, 1.54) is 18.4 Å². The van der Waals surface area contributed by atoms with Gasteiger partial charge in [0.2, 0.25) is 11.8 Å². The van der Waals surface area contributed by atoms with Gasteiger partial charge in [-0.3, -0.25) is 14.9 Å². The molecule has 1 atom stereocenters. The van der Waals surface area contributed by atoms with Gasteiger partial charge in [0.15, 0.2) is 0 Å². The summed E-state index contributed by atoms with van der Waals surface area (Å²) in [6.07, 6.45) is 2.01. The number of carbonyl (C=O) groups excluding carboxylic acids is 2. The highest BCUT2D eigenvalue weighted by Crippen LogP contribution is 2.33. The van der Waals surface area contributed by atoms with Crippen LogP contribution in [-0.2, 0) is 9.59 Å². The van der Waals surface area contributed by atoms with E-state index in [1.807, 2.05) is 0 Å². The summed E-state index contributed by atoms with van der Waals surface area (Å²) in [4.78, 5) is 22.9. The van der Waals surface area contributed by atoms with Gasteiger partial charge < -0.3 is 4.42 Å². The summed E-state index contributed by atoms with van der Waals surface area (Å²) in [7, 11) is 0. The molecule has 3 rings (SSSR count). The molecule has 1 aliphatic rings. The fourth-order valence-corrected chi connectivity index (χ4v) is 2.36. The van der Waals surface area contributed by atoms with E-state index in [4.69, 9.17) is 4.42 Å². The Balaban J connectivity index is 2.13. The van der Waals surface area contributed by atoms with Crippen molar-refractivity contribution in [2.45, 2.75) is 18.8 Å². The second kappa shape index (κ2) is 3.94. The van der Waals surface area contributed by atoms with E-state index in [1.54, 1.807) is 6.07 Å². The average molecular weight is 247 g/mol. The van der Waals surface area contributed by atoms with Crippen molar-refractivity contribution in [3.05, 3.63) is 35.8 Å². The highest BCUT2D eigenvalue weighted by molar-refractivity contribution is 6.02. The second-order valence-corrected chi connectivity index (χ2v) is 4.30. The van der Waals surface area contributed by atoms with E-state index >= 15 is 0 Å². The lowest BCUT2D eigenvalue weighted by atomic mass is 9.88. The second-order valence-electron chi connectivity index (χ2n) is 4.30. The molecule has 0 aliphatic carbocycles. The zero-order chi connectivity index (χ0) is 12.7. The number of hydrogen-bond acceptors (Lipinski definition) is 3. The third-order valence-electron chi connectivity index (χ3n) is 3.21. The smallest absolute Gasteiger partial charge is 0.234 e. The number of piperidine rings is 1. The number of benzene rings is 1. The predicted octanol–water partition coefficient (Wildman–Crippen LogP) is 2.09.